The van der Waals surface area contributed by atoms with Crippen molar-refractivity contribution in [2.45, 2.75) is 30.7 Å². The molecular formula is C21H24FN3O6S. The molecule has 1 heterocycles. The van der Waals surface area contributed by atoms with Gasteiger partial charge >= 0.3 is 0 Å². The van der Waals surface area contributed by atoms with Gasteiger partial charge in [-0.15, -0.1) is 0 Å². The zero-order valence-corrected chi connectivity index (χ0v) is 18.4. The van der Waals surface area contributed by atoms with Gasteiger partial charge in [-0.05, 0) is 50.1 Å². The first-order chi connectivity index (χ1) is 15.3. The number of rotatable bonds is 7. The fourth-order valence-electron chi connectivity index (χ4n) is 3.43. The molecule has 0 spiro atoms. The predicted molar refractivity (Wildman–Crippen MR) is 113 cm³/mol. The van der Waals surface area contributed by atoms with E-state index >= 15 is 0 Å². The van der Waals surface area contributed by atoms with E-state index in [4.69, 9.17) is 9.47 Å². The number of hydrogen-bond donors (Lipinski definition) is 2. The molecule has 172 valence electrons. The lowest BCUT2D eigenvalue weighted by Crippen LogP contribution is -2.51. The van der Waals surface area contributed by atoms with Crippen LogP contribution in [0, 0.1) is 5.82 Å². The summed E-state index contributed by atoms with van der Waals surface area (Å²) >= 11 is 0. The van der Waals surface area contributed by atoms with Crippen LogP contribution in [0.5, 0.6) is 11.5 Å². The zero-order valence-electron chi connectivity index (χ0n) is 17.6. The predicted octanol–water partition coefficient (Wildman–Crippen LogP) is 1.85. The number of ether oxygens (including phenoxy) is 2. The maximum absolute atomic E-state index is 14.1. The van der Waals surface area contributed by atoms with Crippen LogP contribution in [0.15, 0.2) is 47.4 Å². The lowest BCUT2D eigenvalue weighted by molar-refractivity contribution is -0.125. The molecule has 2 aromatic rings. The van der Waals surface area contributed by atoms with Crippen LogP contribution in [-0.2, 0) is 14.8 Å². The fourth-order valence-corrected chi connectivity index (χ4v) is 5.15. The Morgan fingerprint density at radius 2 is 1.91 bits per heavy atom. The van der Waals surface area contributed by atoms with E-state index < -0.39 is 38.6 Å². The minimum atomic E-state index is -4.22. The number of carbonyl (C=O) groups excluding carboxylic acids is 2. The maximum atomic E-state index is 14.1. The molecule has 0 aromatic heterocycles. The van der Waals surface area contributed by atoms with Gasteiger partial charge in [-0.1, -0.05) is 12.1 Å². The summed E-state index contributed by atoms with van der Waals surface area (Å²) in [5.74, 6) is -1.41. The quantitative estimate of drug-likeness (QED) is 0.604. The number of hydrogen-bond acceptors (Lipinski definition) is 6. The minimum Gasteiger partial charge on any atom is -0.493 e. The third-order valence-corrected chi connectivity index (χ3v) is 6.90. The lowest BCUT2D eigenvalue weighted by atomic mass is 10.2. The first-order valence-electron chi connectivity index (χ1n) is 9.97. The molecule has 3 rings (SSSR count). The second kappa shape index (κ2) is 9.96. The molecule has 2 N–H and O–H groups in total. The number of hydrazine groups is 1. The Morgan fingerprint density at radius 1 is 1.16 bits per heavy atom. The Morgan fingerprint density at radius 3 is 2.59 bits per heavy atom. The Kier molecular flexibility index (Phi) is 7.31. The van der Waals surface area contributed by atoms with Crippen molar-refractivity contribution in [1.29, 1.82) is 0 Å². The second-order valence-corrected chi connectivity index (χ2v) is 8.81. The molecule has 1 aliphatic rings. The highest BCUT2D eigenvalue weighted by Crippen LogP contribution is 2.29. The molecule has 1 fully saturated rings. The highest BCUT2D eigenvalue weighted by molar-refractivity contribution is 7.89. The number of nitrogens with zero attached hydrogens (tertiary/aromatic N) is 1. The van der Waals surface area contributed by atoms with E-state index in [1.54, 1.807) is 6.07 Å². The Balaban J connectivity index is 1.69. The summed E-state index contributed by atoms with van der Waals surface area (Å²) < 4.78 is 51.4. The molecule has 1 saturated heterocycles. The van der Waals surface area contributed by atoms with Gasteiger partial charge < -0.3 is 9.47 Å². The standard InChI is InChI=1S/C21H24FN3O6S/c1-3-31-17-11-10-14(13-18(17)30-2)20(26)23-24-21(27)16-8-6-12-25(16)32(28,29)19-9-5-4-7-15(19)22/h4-5,7,9-11,13,16H,3,6,8,12H2,1-2H3,(H,23,26)(H,24,27). The van der Waals surface area contributed by atoms with Crippen molar-refractivity contribution >= 4 is 21.8 Å². The fraction of sp³-hybridized carbons (Fsp3) is 0.333. The molecule has 0 aliphatic carbocycles. The highest BCUT2D eigenvalue weighted by atomic mass is 32.2. The highest BCUT2D eigenvalue weighted by Gasteiger charge is 2.40. The van der Waals surface area contributed by atoms with Gasteiger partial charge in [-0.25, -0.2) is 12.8 Å². The monoisotopic (exact) mass is 465 g/mol. The van der Waals surface area contributed by atoms with E-state index in [2.05, 4.69) is 10.9 Å². The Bertz CT molecular complexity index is 1110. The minimum absolute atomic E-state index is 0.0682. The van der Waals surface area contributed by atoms with Crippen LogP contribution in [0.4, 0.5) is 4.39 Å². The second-order valence-electron chi connectivity index (χ2n) is 6.95. The van der Waals surface area contributed by atoms with E-state index in [9.17, 15) is 22.4 Å². The number of benzene rings is 2. The van der Waals surface area contributed by atoms with Crippen molar-refractivity contribution in [1.82, 2.24) is 15.2 Å². The summed E-state index contributed by atoms with van der Waals surface area (Å²) in [5, 5.41) is 0. The SMILES string of the molecule is CCOc1ccc(C(=O)NNC(=O)C2CCCN2S(=O)(=O)c2ccccc2F)cc1OC. The molecule has 32 heavy (non-hydrogen) atoms. The first-order valence-corrected chi connectivity index (χ1v) is 11.4. The summed E-state index contributed by atoms with van der Waals surface area (Å²) in [6.07, 6.45) is 0.669. The Hall–Kier alpha value is -3.18. The Labute approximate surface area is 185 Å². The van der Waals surface area contributed by atoms with E-state index in [0.717, 1.165) is 16.4 Å². The van der Waals surface area contributed by atoms with Crippen LogP contribution in [0.3, 0.4) is 0 Å². The number of carbonyl (C=O) groups is 2. The first kappa shape index (κ1) is 23.5. The number of amides is 2. The van der Waals surface area contributed by atoms with Gasteiger partial charge in [0.25, 0.3) is 11.8 Å². The van der Waals surface area contributed by atoms with Gasteiger partial charge in [0.1, 0.15) is 16.8 Å². The molecule has 2 amide bonds. The van der Waals surface area contributed by atoms with Crippen LogP contribution < -0.4 is 20.3 Å². The third kappa shape index (κ3) is 4.83. The van der Waals surface area contributed by atoms with Crippen LogP contribution in [0.1, 0.15) is 30.1 Å². The molecule has 1 atom stereocenters. The van der Waals surface area contributed by atoms with Gasteiger partial charge in [0.2, 0.25) is 10.0 Å². The van der Waals surface area contributed by atoms with Crippen LogP contribution in [0.25, 0.3) is 0 Å². The average molecular weight is 466 g/mol. The number of methoxy groups -OCH3 is 1. The summed E-state index contributed by atoms with van der Waals surface area (Å²) in [7, 11) is -2.78. The van der Waals surface area contributed by atoms with Crippen molar-refractivity contribution in [2.24, 2.45) is 0 Å². The summed E-state index contributed by atoms with van der Waals surface area (Å²) in [6.45, 7) is 2.30. The molecule has 1 unspecified atom stereocenters. The average Bonchev–Trinajstić information content (AvgIpc) is 3.29. The topological polar surface area (TPSA) is 114 Å². The van der Waals surface area contributed by atoms with Crippen molar-refractivity contribution in [3.05, 3.63) is 53.8 Å². The van der Waals surface area contributed by atoms with Crippen molar-refractivity contribution < 1.29 is 31.9 Å². The molecule has 0 saturated carbocycles. The smallest absolute Gasteiger partial charge is 0.269 e. The molecule has 11 heteroatoms. The maximum Gasteiger partial charge on any atom is 0.269 e. The van der Waals surface area contributed by atoms with E-state index in [0.29, 0.717) is 24.5 Å². The molecule has 0 bridgehead atoms. The molecule has 9 nitrogen and oxygen atoms in total. The molecular weight excluding hydrogens is 441 g/mol. The number of nitrogens with one attached hydrogen (secondary N) is 2. The van der Waals surface area contributed by atoms with Gasteiger partial charge in [0, 0.05) is 12.1 Å². The largest absolute Gasteiger partial charge is 0.493 e. The van der Waals surface area contributed by atoms with Crippen molar-refractivity contribution in [3.8, 4) is 11.5 Å². The summed E-state index contributed by atoms with van der Waals surface area (Å²) in [4.78, 5) is 24.6. The molecule has 0 radical (unpaired) electrons. The van der Waals surface area contributed by atoms with Crippen molar-refractivity contribution in [2.75, 3.05) is 20.3 Å². The number of halogens is 1. The van der Waals surface area contributed by atoms with Crippen molar-refractivity contribution in [3.63, 3.8) is 0 Å². The summed E-state index contributed by atoms with van der Waals surface area (Å²) in [5.41, 5.74) is 4.73. The molecule has 1 aliphatic heterocycles. The molecule has 2 aromatic carbocycles. The van der Waals surface area contributed by atoms with Crippen LogP contribution >= 0.6 is 0 Å². The summed E-state index contributed by atoms with van der Waals surface area (Å²) in [6, 6.07) is 8.44. The normalized spacial score (nSPS) is 16.4. The van der Waals surface area contributed by atoms with Gasteiger partial charge in [-0.3, -0.25) is 20.4 Å². The number of sulfonamides is 1. The van der Waals surface area contributed by atoms with E-state index in [1.165, 1.54) is 31.4 Å². The van der Waals surface area contributed by atoms with Crippen LogP contribution in [-0.4, -0.2) is 50.8 Å². The van der Waals surface area contributed by atoms with Gasteiger partial charge in [-0.2, -0.15) is 4.31 Å². The van der Waals surface area contributed by atoms with E-state index in [1.807, 2.05) is 6.92 Å². The van der Waals surface area contributed by atoms with E-state index in [-0.39, 0.29) is 18.5 Å². The third-order valence-electron chi connectivity index (χ3n) is 4.95. The van der Waals surface area contributed by atoms with Gasteiger partial charge in [0.15, 0.2) is 11.5 Å². The van der Waals surface area contributed by atoms with Crippen LogP contribution in [0.2, 0.25) is 0 Å². The zero-order chi connectivity index (χ0) is 23.3. The van der Waals surface area contributed by atoms with Gasteiger partial charge in [0.05, 0.1) is 13.7 Å². The lowest BCUT2D eigenvalue weighted by Gasteiger charge is -2.23.